The smallest absolute Gasteiger partial charge is 0.244 e. The molecule has 0 fully saturated rings. The normalized spacial score (nSPS) is 12.5. The van der Waals surface area contributed by atoms with Crippen molar-refractivity contribution in [2.45, 2.75) is 60.0 Å². The minimum atomic E-state index is -3.74. The highest BCUT2D eigenvalue weighted by Crippen LogP contribution is 2.23. The highest BCUT2D eigenvalue weighted by atomic mass is 32.2. The summed E-state index contributed by atoms with van der Waals surface area (Å²) < 4.78 is 26.5. The molecule has 1 N–H and O–H groups in total. The van der Waals surface area contributed by atoms with Crippen molar-refractivity contribution in [1.29, 1.82) is 0 Å². The van der Waals surface area contributed by atoms with Crippen molar-refractivity contribution in [3.8, 4) is 0 Å². The van der Waals surface area contributed by atoms with Gasteiger partial charge in [-0.25, -0.2) is 8.42 Å². The molecule has 2 aromatic rings. The zero-order chi connectivity index (χ0) is 26.3. The quantitative estimate of drug-likeness (QED) is 0.503. The summed E-state index contributed by atoms with van der Waals surface area (Å²) in [7, 11) is -3.74. The molecule has 0 aliphatic heterocycles. The van der Waals surface area contributed by atoms with E-state index in [0.717, 1.165) is 27.3 Å². The Morgan fingerprint density at radius 3 is 2.06 bits per heavy atom. The van der Waals surface area contributed by atoms with E-state index in [4.69, 9.17) is 0 Å². The van der Waals surface area contributed by atoms with Crippen molar-refractivity contribution in [2.75, 3.05) is 23.7 Å². The lowest BCUT2D eigenvalue weighted by molar-refractivity contribution is -0.139. The van der Waals surface area contributed by atoms with Gasteiger partial charge in [-0.15, -0.1) is 0 Å². The SMILES string of the molecule is Cc1ccccc1CN(C(=O)CN(c1ccc(C(C)C)cc1)S(C)(=O)=O)C(C)C(=O)NCC(C)C. The Balaban J connectivity index is 2.38. The fraction of sp³-hybridized carbons (Fsp3) is 0.481. The minimum absolute atomic E-state index is 0.200. The van der Waals surface area contributed by atoms with Gasteiger partial charge in [-0.1, -0.05) is 64.1 Å². The first kappa shape index (κ1) is 28.4. The van der Waals surface area contributed by atoms with E-state index in [1.165, 1.54) is 4.90 Å². The van der Waals surface area contributed by atoms with Gasteiger partial charge in [0.1, 0.15) is 12.6 Å². The summed E-state index contributed by atoms with van der Waals surface area (Å²) >= 11 is 0. The maximum absolute atomic E-state index is 13.6. The van der Waals surface area contributed by atoms with Crippen LogP contribution in [0.15, 0.2) is 48.5 Å². The number of aryl methyl sites for hydroxylation is 1. The zero-order valence-electron chi connectivity index (χ0n) is 21.9. The van der Waals surface area contributed by atoms with E-state index in [-0.39, 0.29) is 18.4 Å². The van der Waals surface area contributed by atoms with Gasteiger partial charge < -0.3 is 10.2 Å². The third kappa shape index (κ3) is 8.09. The maximum Gasteiger partial charge on any atom is 0.244 e. The number of hydrogen-bond acceptors (Lipinski definition) is 4. The number of carbonyl (C=O) groups excluding carboxylic acids is 2. The lowest BCUT2D eigenvalue weighted by Gasteiger charge is -2.32. The van der Waals surface area contributed by atoms with Crippen LogP contribution < -0.4 is 9.62 Å². The molecule has 2 aromatic carbocycles. The van der Waals surface area contributed by atoms with Gasteiger partial charge in [0, 0.05) is 13.1 Å². The summed E-state index contributed by atoms with van der Waals surface area (Å²) in [5.41, 5.74) is 3.38. The Kier molecular flexibility index (Phi) is 9.89. The summed E-state index contributed by atoms with van der Waals surface area (Å²) in [6.07, 6.45) is 1.08. The summed E-state index contributed by atoms with van der Waals surface area (Å²) in [4.78, 5) is 27.9. The molecule has 2 rings (SSSR count). The molecule has 8 heteroatoms. The Hall–Kier alpha value is -2.87. The minimum Gasteiger partial charge on any atom is -0.354 e. The van der Waals surface area contributed by atoms with E-state index in [1.807, 2.05) is 57.2 Å². The average Bonchev–Trinajstić information content (AvgIpc) is 2.79. The number of nitrogens with zero attached hydrogens (tertiary/aromatic N) is 2. The van der Waals surface area contributed by atoms with E-state index < -0.39 is 28.5 Å². The molecule has 0 aliphatic carbocycles. The van der Waals surface area contributed by atoms with Gasteiger partial charge in [0.05, 0.1) is 11.9 Å². The lowest BCUT2D eigenvalue weighted by atomic mass is 10.0. The number of hydrogen-bond donors (Lipinski definition) is 1. The van der Waals surface area contributed by atoms with Crippen LogP contribution in [0, 0.1) is 12.8 Å². The van der Waals surface area contributed by atoms with Gasteiger partial charge in [-0.3, -0.25) is 13.9 Å². The monoisotopic (exact) mass is 501 g/mol. The summed E-state index contributed by atoms with van der Waals surface area (Å²) in [6, 6.07) is 14.1. The first-order valence-electron chi connectivity index (χ1n) is 12.0. The van der Waals surface area contributed by atoms with Crippen LogP contribution in [-0.2, 0) is 26.2 Å². The van der Waals surface area contributed by atoms with Crippen LogP contribution in [0.5, 0.6) is 0 Å². The molecule has 0 spiro atoms. The number of rotatable bonds is 11. The number of sulfonamides is 1. The Morgan fingerprint density at radius 2 is 1.54 bits per heavy atom. The second-order valence-electron chi connectivity index (χ2n) is 9.78. The number of nitrogens with one attached hydrogen (secondary N) is 1. The lowest BCUT2D eigenvalue weighted by Crippen LogP contribution is -2.51. The van der Waals surface area contributed by atoms with Crippen molar-refractivity contribution in [2.24, 2.45) is 5.92 Å². The van der Waals surface area contributed by atoms with Crippen LogP contribution in [0.25, 0.3) is 0 Å². The Morgan fingerprint density at radius 1 is 0.943 bits per heavy atom. The molecule has 1 atom stereocenters. The molecule has 0 bridgehead atoms. The molecule has 35 heavy (non-hydrogen) atoms. The fourth-order valence-electron chi connectivity index (χ4n) is 3.65. The van der Waals surface area contributed by atoms with E-state index in [0.29, 0.717) is 18.2 Å². The molecule has 0 aromatic heterocycles. The number of amides is 2. The molecule has 0 aliphatic rings. The fourth-order valence-corrected chi connectivity index (χ4v) is 4.49. The van der Waals surface area contributed by atoms with Gasteiger partial charge >= 0.3 is 0 Å². The molecule has 0 saturated heterocycles. The Bertz CT molecular complexity index is 1110. The second kappa shape index (κ2) is 12.2. The Labute approximate surface area is 210 Å². The van der Waals surface area contributed by atoms with Crippen molar-refractivity contribution < 1.29 is 18.0 Å². The van der Waals surface area contributed by atoms with Crippen LogP contribution in [0.4, 0.5) is 5.69 Å². The van der Waals surface area contributed by atoms with E-state index in [1.54, 1.807) is 19.1 Å². The standard InChI is InChI=1S/C27H39N3O4S/c1-19(2)16-28-27(32)22(6)29(17-24-11-9-8-10-21(24)5)26(31)18-30(35(7,33)34)25-14-12-23(13-15-25)20(3)4/h8-15,19-20,22H,16-18H2,1-7H3,(H,28,32). The summed E-state index contributed by atoms with van der Waals surface area (Å²) in [5, 5.41) is 2.88. The first-order valence-corrected chi connectivity index (χ1v) is 13.9. The summed E-state index contributed by atoms with van der Waals surface area (Å²) in [6.45, 7) is 12.0. The van der Waals surface area contributed by atoms with Crippen LogP contribution in [-0.4, -0.2) is 50.5 Å². The topological polar surface area (TPSA) is 86.8 Å². The molecule has 0 saturated carbocycles. The van der Waals surface area contributed by atoms with Crippen molar-refractivity contribution >= 4 is 27.5 Å². The number of benzene rings is 2. The third-order valence-corrected chi connectivity index (χ3v) is 7.12. The highest BCUT2D eigenvalue weighted by Gasteiger charge is 2.30. The van der Waals surface area contributed by atoms with Crippen LogP contribution in [0.1, 0.15) is 57.2 Å². The maximum atomic E-state index is 13.6. The van der Waals surface area contributed by atoms with Crippen molar-refractivity contribution in [3.63, 3.8) is 0 Å². The third-order valence-electron chi connectivity index (χ3n) is 5.98. The van der Waals surface area contributed by atoms with E-state index in [9.17, 15) is 18.0 Å². The molecule has 192 valence electrons. The van der Waals surface area contributed by atoms with Crippen molar-refractivity contribution in [1.82, 2.24) is 10.2 Å². The number of carbonyl (C=O) groups is 2. The van der Waals surface area contributed by atoms with E-state index >= 15 is 0 Å². The number of anilines is 1. The van der Waals surface area contributed by atoms with Gasteiger partial charge in [-0.2, -0.15) is 0 Å². The van der Waals surface area contributed by atoms with Gasteiger partial charge in [0.25, 0.3) is 0 Å². The first-order chi connectivity index (χ1) is 16.3. The van der Waals surface area contributed by atoms with Crippen molar-refractivity contribution in [3.05, 3.63) is 65.2 Å². The van der Waals surface area contributed by atoms with Crippen LogP contribution in [0.3, 0.4) is 0 Å². The van der Waals surface area contributed by atoms with Gasteiger partial charge in [0.15, 0.2) is 0 Å². The van der Waals surface area contributed by atoms with E-state index in [2.05, 4.69) is 19.2 Å². The molecule has 0 heterocycles. The molecular formula is C27H39N3O4S. The average molecular weight is 502 g/mol. The molecular weight excluding hydrogens is 462 g/mol. The largest absolute Gasteiger partial charge is 0.354 e. The molecule has 7 nitrogen and oxygen atoms in total. The second-order valence-corrected chi connectivity index (χ2v) is 11.7. The van der Waals surface area contributed by atoms with Gasteiger partial charge in [-0.05, 0) is 54.5 Å². The van der Waals surface area contributed by atoms with Crippen LogP contribution in [0.2, 0.25) is 0 Å². The zero-order valence-corrected chi connectivity index (χ0v) is 22.7. The highest BCUT2D eigenvalue weighted by molar-refractivity contribution is 7.92. The molecule has 2 amide bonds. The predicted octanol–water partition coefficient (Wildman–Crippen LogP) is 4.07. The van der Waals surface area contributed by atoms with Gasteiger partial charge in [0.2, 0.25) is 21.8 Å². The van der Waals surface area contributed by atoms with Crippen LogP contribution >= 0.6 is 0 Å². The molecule has 1 unspecified atom stereocenters. The predicted molar refractivity (Wildman–Crippen MR) is 142 cm³/mol. The summed E-state index contributed by atoms with van der Waals surface area (Å²) in [5.74, 6) is -0.153. The molecule has 0 radical (unpaired) electrons.